The van der Waals surface area contributed by atoms with Gasteiger partial charge in [-0.3, -0.25) is 4.79 Å². The number of hydrogen-bond donors (Lipinski definition) is 1. The Morgan fingerprint density at radius 1 is 1.35 bits per heavy atom. The van der Waals surface area contributed by atoms with Gasteiger partial charge in [-0.2, -0.15) is 0 Å². The lowest BCUT2D eigenvalue weighted by Gasteiger charge is -2.30. The fourth-order valence-corrected chi connectivity index (χ4v) is 2.27. The number of nitrogens with two attached hydrogens (primary N) is 1. The highest BCUT2D eigenvalue weighted by Gasteiger charge is 2.22. The molecule has 0 bridgehead atoms. The summed E-state index contributed by atoms with van der Waals surface area (Å²) in [5, 5.41) is 0. The molecule has 0 heterocycles. The first kappa shape index (κ1) is 16.4. The molecule has 1 rings (SSSR count). The normalized spacial score (nSPS) is 10.8. The number of rotatable bonds is 7. The zero-order valence-corrected chi connectivity index (χ0v) is 12.4. The first-order chi connectivity index (χ1) is 9.53. The number of nitrogens with zero attached hydrogens (tertiary/aromatic N) is 1. The summed E-state index contributed by atoms with van der Waals surface area (Å²) in [4.78, 5) is 14.3. The number of ether oxygens (including phenoxy) is 1. The van der Waals surface area contributed by atoms with E-state index in [9.17, 15) is 9.18 Å². The predicted molar refractivity (Wildman–Crippen MR) is 78.1 cm³/mol. The number of carbonyl (C=O) groups is 1. The molecule has 1 amide bonds. The average Bonchev–Trinajstić information content (AvgIpc) is 2.41. The predicted octanol–water partition coefficient (Wildman–Crippen LogP) is 2.69. The van der Waals surface area contributed by atoms with Gasteiger partial charge in [-0.15, -0.1) is 0 Å². The summed E-state index contributed by atoms with van der Waals surface area (Å²) in [5.74, 6) is -0.702. The second-order valence-corrected chi connectivity index (χ2v) is 4.73. The van der Waals surface area contributed by atoms with Crippen LogP contribution >= 0.6 is 0 Å². The number of nitrogen functional groups attached to an aromatic ring is 1. The van der Waals surface area contributed by atoms with Crippen molar-refractivity contribution in [3.63, 3.8) is 0 Å². The Morgan fingerprint density at radius 3 is 2.50 bits per heavy atom. The van der Waals surface area contributed by atoms with Crippen LogP contribution in [0.2, 0.25) is 0 Å². The van der Waals surface area contributed by atoms with Crippen LogP contribution in [-0.4, -0.2) is 37.1 Å². The maximum absolute atomic E-state index is 13.4. The van der Waals surface area contributed by atoms with Gasteiger partial charge < -0.3 is 15.4 Å². The topological polar surface area (TPSA) is 55.6 Å². The van der Waals surface area contributed by atoms with E-state index in [2.05, 4.69) is 0 Å². The third-order valence-corrected chi connectivity index (χ3v) is 3.35. The van der Waals surface area contributed by atoms with E-state index in [1.54, 1.807) is 12.0 Å². The molecule has 0 saturated carbocycles. The lowest BCUT2D eigenvalue weighted by atomic mass is 10.1. The van der Waals surface area contributed by atoms with Gasteiger partial charge >= 0.3 is 0 Å². The SMILES string of the molecule is CCC(CC)N(CCOC)C(=O)c1cc(N)cc(F)c1. The fraction of sp³-hybridized carbons (Fsp3) is 0.533. The Balaban J connectivity index is 3.02. The van der Waals surface area contributed by atoms with Crippen LogP contribution in [0.15, 0.2) is 18.2 Å². The molecule has 1 aromatic rings. The van der Waals surface area contributed by atoms with Gasteiger partial charge in [-0.25, -0.2) is 4.39 Å². The van der Waals surface area contributed by atoms with Crippen molar-refractivity contribution in [3.05, 3.63) is 29.6 Å². The summed E-state index contributed by atoms with van der Waals surface area (Å²) in [7, 11) is 1.59. The van der Waals surface area contributed by atoms with Gasteiger partial charge in [-0.05, 0) is 31.0 Å². The van der Waals surface area contributed by atoms with Gasteiger partial charge in [0.15, 0.2) is 0 Å². The minimum Gasteiger partial charge on any atom is -0.399 e. The van der Waals surface area contributed by atoms with Gasteiger partial charge in [0.1, 0.15) is 5.82 Å². The molecule has 0 saturated heterocycles. The van der Waals surface area contributed by atoms with Crippen molar-refractivity contribution in [2.75, 3.05) is 26.0 Å². The second kappa shape index (κ2) is 7.85. The van der Waals surface area contributed by atoms with Crippen molar-refractivity contribution in [1.29, 1.82) is 0 Å². The summed E-state index contributed by atoms with van der Waals surface area (Å²) < 4.78 is 18.4. The fourth-order valence-electron chi connectivity index (χ4n) is 2.27. The summed E-state index contributed by atoms with van der Waals surface area (Å²) in [5.41, 5.74) is 6.14. The molecule has 20 heavy (non-hydrogen) atoms. The molecular weight excluding hydrogens is 259 g/mol. The van der Waals surface area contributed by atoms with Gasteiger partial charge in [-0.1, -0.05) is 13.8 Å². The van der Waals surface area contributed by atoms with E-state index < -0.39 is 5.82 Å². The van der Waals surface area contributed by atoms with Gasteiger partial charge in [0, 0.05) is 30.9 Å². The third-order valence-electron chi connectivity index (χ3n) is 3.35. The van der Waals surface area contributed by atoms with Crippen LogP contribution in [0.1, 0.15) is 37.0 Å². The molecular formula is C15H23FN2O2. The summed E-state index contributed by atoms with van der Waals surface area (Å²) in [6, 6.07) is 4.05. The van der Waals surface area contributed by atoms with Crippen LogP contribution in [0.4, 0.5) is 10.1 Å². The molecule has 112 valence electrons. The zero-order valence-electron chi connectivity index (χ0n) is 12.4. The molecule has 0 atom stereocenters. The number of halogens is 1. The number of anilines is 1. The van der Waals surface area contributed by atoms with Crippen molar-refractivity contribution in [2.24, 2.45) is 0 Å². The van der Waals surface area contributed by atoms with Gasteiger partial charge in [0.05, 0.1) is 6.61 Å². The molecule has 0 aliphatic carbocycles. The standard InChI is InChI=1S/C15H23FN2O2/c1-4-14(5-2)18(6-7-20-3)15(19)11-8-12(16)10-13(17)9-11/h8-10,14H,4-7,17H2,1-3H3. The van der Waals surface area contributed by atoms with Crippen LogP contribution < -0.4 is 5.73 Å². The Kier molecular flexibility index (Phi) is 6.45. The first-order valence-corrected chi connectivity index (χ1v) is 6.89. The van der Waals surface area contributed by atoms with E-state index in [1.165, 1.54) is 18.2 Å². The monoisotopic (exact) mass is 282 g/mol. The maximum atomic E-state index is 13.4. The number of hydrogen-bond acceptors (Lipinski definition) is 3. The summed E-state index contributed by atoms with van der Waals surface area (Å²) in [6.45, 7) is 4.99. The van der Waals surface area contributed by atoms with E-state index in [-0.39, 0.29) is 23.2 Å². The molecule has 0 unspecified atom stereocenters. The molecule has 0 aromatic heterocycles. The largest absolute Gasteiger partial charge is 0.399 e. The van der Waals surface area contributed by atoms with Crippen molar-refractivity contribution < 1.29 is 13.9 Å². The molecule has 0 fully saturated rings. The van der Waals surface area contributed by atoms with Crippen LogP contribution in [0.5, 0.6) is 0 Å². The minimum atomic E-state index is -0.496. The van der Waals surface area contributed by atoms with Crippen molar-refractivity contribution in [1.82, 2.24) is 4.90 Å². The second-order valence-electron chi connectivity index (χ2n) is 4.73. The van der Waals surface area contributed by atoms with Crippen molar-refractivity contribution in [2.45, 2.75) is 32.7 Å². The minimum absolute atomic E-state index is 0.113. The molecule has 5 heteroatoms. The lowest BCUT2D eigenvalue weighted by Crippen LogP contribution is -2.41. The van der Waals surface area contributed by atoms with Gasteiger partial charge in [0.2, 0.25) is 0 Å². The highest BCUT2D eigenvalue weighted by atomic mass is 19.1. The Labute approximate surface area is 119 Å². The third kappa shape index (κ3) is 4.20. The summed E-state index contributed by atoms with van der Waals surface area (Å²) >= 11 is 0. The van der Waals surface area contributed by atoms with Crippen LogP contribution in [0.25, 0.3) is 0 Å². The van der Waals surface area contributed by atoms with Gasteiger partial charge in [0.25, 0.3) is 5.91 Å². The zero-order chi connectivity index (χ0) is 15.1. The number of benzene rings is 1. The average molecular weight is 282 g/mol. The lowest BCUT2D eigenvalue weighted by molar-refractivity contribution is 0.0589. The molecule has 0 aliphatic rings. The van der Waals surface area contributed by atoms with E-state index in [0.29, 0.717) is 13.2 Å². The van der Waals surface area contributed by atoms with Crippen molar-refractivity contribution >= 4 is 11.6 Å². The highest BCUT2D eigenvalue weighted by molar-refractivity contribution is 5.95. The van der Waals surface area contributed by atoms with E-state index in [1.807, 2.05) is 13.8 Å². The molecule has 0 aliphatic heterocycles. The Morgan fingerprint density at radius 2 is 2.00 bits per heavy atom. The van der Waals surface area contributed by atoms with E-state index in [0.717, 1.165) is 12.8 Å². The summed E-state index contributed by atoms with van der Waals surface area (Å²) in [6.07, 6.45) is 1.69. The molecule has 0 spiro atoms. The number of carbonyl (C=O) groups excluding carboxylic acids is 1. The first-order valence-electron chi connectivity index (χ1n) is 6.89. The Hall–Kier alpha value is -1.62. The quantitative estimate of drug-likeness (QED) is 0.782. The van der Waals surface area contributed by atoms with Crippen LogP contribution in [0.3, 0.4) is 0 Å². The maximum Gasteiger partial charge on any atom is 0.254 e. The highest BCUT2D eigenvalue weighted by Crippen LogP contribution is 2.17. The molecule has 0 radical (unpaired) electrons. The van der Waals surface area contributed by atoms with E-state index >= 15 is 0 Å². The van der Waals surface area contributed by atoms with Crippen LogP contribution in [0, 0.1) is 5.82 Å². The molecule has 2 N–H and O–H groups in total. The number of amides is 1. The molecule has 4 nitrogen and oxygen atoms in total. The van der Waals surface area contributed by atoms with Crippen LogP contribution in [-0.2, 0) is 4.74 Å². The van der Waals surface area contributed by atoms with Crippen molar-refractivity contribution in [3.8, 4) is 0 Å². The smallest absolute Gasteiger partial charge is 0.254 e. The number of methoxy groups -OCH3 is 1. The van der Waals surface area contributed by atoms with E-state index in [4.69, 9.17) is 10.5 Å². The molecule has 1 aromatic carbocycles. The Bertz CT molecular complexity index is 427.